The summed E-state index contributed by atoms with van der Waals surface area (Å²) in [6.07, 6.45) is 0. The van der Waals surface area contributed by atoms with Crippen molar-refractivity contribution in [2.24, 2.45) is 0 Å². The van der Waals surface area contributed by atoms with Gasteiger partial charge in [-0.3, -0.25) is 0 Å². The summed E-state index contributed by atoms with van der Waals surface area (Å²) < 4.78 is 5.31. The van der Waals surface area contributed by atoms with E-state index in [0.29, 0.717) is 22.3 Å². The normalized spacial score (nSPS) is 10.0. The Morgan fingerprint density at radius 1 is 1.14 bits per heavy atom. The van der Waals surface area contributed by atoms with Gasteiger partial charge in [-0.25, -0.2) is 0 Å². The van der Waals surface area contributed by atoms with Crippen molar-refractivity contribution in [3.8, 4) is 5.75 Å². The summed E-state index contributed by atoms with van der Waals surface area (Å²) in [6.45, 7) is 9.14. The summed E-state index contributed by atoms with van der Waals surface area (Å²) in [5.74, 6) is 0.696. The van der Waals surface area contributed by atoms with Crippen LogP contribution in [0.15, 0.2) is 12.1 Å². The summed E-state index contributed by atoms with van der Waals surface area (Å²) in [5.41, 5.74) is 0.986. The first kappa shape index (κ1) is 23.4. The molecule has 0 atom stereocenters. The lowest BCUT2D eigenvalue weighted by atomic mass is 10.2. The molecule has 0 fully saturated rings. The van der Waals surface area contributed by atoms with Gasteiger partial charge in [-0.05, 0) is 25.2 Å². The molecule has 1 N–H and O–H groups in total. The molecule has 0 aliphatic rings. The number of nitrogens with one attached hydrogen (secondary N) is 1. The van der Waals surface area contributed by atoms with Gasteiger partial charge in [0.2, 0.25) is 0 Å². The Balaban J connectivity index is 0. The van der Waals surface area contributed by atoms with Crippen molar-refractivity contribution in [1.82, 2.24) is 10.2 Å². The first-order valence-corrected chi connectivity index (χ1v) is 7.32. The molecule has 0 saturated heterocycles. The number of rotatable bonds is 8. The average molecular weight is 378 g/mol. The highest BCUT2D eigenvalue weighted by Gasteiger charge is 2.09. The maximum absolute atomic E-state index is 6.10. The molecule has 0 heterocycles. The van der Waals surface area contributed by atoms with Crippen LogP contribution in [0.2, 0.25) is 10.0 Å². The van der Waals surface area contributed by atoms with E-state index in [4.69, 9.17) is 27.9 Å². The van der Waals surface area contributed by atoms with E-state index in [2.05, 4.69) is 24.1 Å². The SMILES string of the molecule is CCN(CC)CCNCc1cc(Cl)cc(Cl)c1OC.Cl.Cl. The van der Waals surface area contributed by atoms with Crippen molar-refractivity contribution in [3.63, 3.8) is 0 Å². The Bertz CT molecular complexity index is 401. The molecule has 0 aromatic heterocycles. The van der Waals surface area contributed by atoms with Gasteiger partial charge in [0, 0.05) is 30.2 Å². The van der Waals surface area contributed by atoms with Gasteiger partial charge in [0.05, 0.1) is 12.1 Å². The molecule has 3 nitrogen and oxygen atoms in total. The zero-order valence-corrected chi connectivity index (χ0v) is 15.8. The zero-order valence-electron chi connectivity index (χ0n) is 12.6. The van der Waals surface area contributed by atoms with Crippen LogP contribution in [0.4, 0.5) is 0 Å². The van der Waals surface area contributed by atoms with Crippen molar-refractivity contribution in [2.45, 2.75) is 20.4 Å². The van der Waals surface area contributed by atoms with Gasteiger partial charge in [0.25, 0.3) is 0 Å². The second-order valence-corrected chi connectivity index (χ2v) is 5.13. The van der Waals surface area contributed by atoms with E-state index in [-0.39, 0.29) is 24.8 Å². The summed E-state index contributed by atoms with van der Waals surface area (Å²) in [7, 11) is 1.62. The first-order valence-electron chi connectivity index (χ1n) is 6.57. The molecule has 1 rings (SSSR count). The number of methoxy groups -OCH3 is 1. The molecule has 0 unspecified atom stereocenters. The van der Waals surface area contributed by atoms with Crippen LogP contribution in [0.3, 0.4) is 0 Å². The minimum absolute atomic E-state index is 0. The summed E-state index contributed by atoms with van der Waals surface area (Å²) >= 11 is 12.1. The molecule has 0 aliphatic carbocycles. The molecule has 1 aromatic carbocycles. The second-order valence-electron chi connectivity index (χ2n) is 4.28. The fraction of sp³-hybridized carbons (Fsp3) is 0.571. The van der Waals surface area contributed by atoms with Crippen LogP contribution in [0.5, 0.6) is 5.75 Å². The molecule has 0 spiro atoms. The molecule has 124 valence electrons. The molecule has 1 aromatic rings. The predicted octanol–water partition coefficient (Wildman–Crippen LogP) is 4.28. The number of hydrogen-bond acceptors (Lipinski definition) is 3. The Morgan fingerprint density at radius 2 is 1.76 bits per heavy atom. The third kappa shape index (κ3) is 7.78. The molecule has 0 radical (unpaired) electrons. The van der Waals surface area contributed by atoms with Crippen LogP contribution in [0.25, 0.3) is 0 Å². The molecule has 0 bridgehead atoms. The van der Waals surface area contributed by atoms with E-state index < -0.39 is 0 Å². The van der Waals surface area contributed by atoms with Crippen molar-refractivity contribution >= 4 is 48.0 Å². The van der Waals surface area contributed by atoms with Gasteiger partial charge < -0.3 is 15.0 Å². The summed E-state index contributed by atoms with van der Waals surface area (Å²) in [5, 5.41) is 4.57. The summed E-state index contributed by atoms with van der Waals surface area (Å²) in [6, 6.07) is 3.58. The van der Waals surface area contributed by atoms with Crippen LogP contribution >= 0.6 is 48.0 Å². The molecule has 0 aliphatic heterocycles. The van der Waals surface area contributed by atoms with Crippen LogP contribution in [-0.2, 0) is 6.54 Å². The molecule has 7 heteroatoms. The average Bonchev–Trinajstić information content (AvgIpc) is 2.38. The third-order valence-corrected chi connectivity index (χ3v) is 3.60. The fourth-order valence-electron chi connectivity index (χ4n) is 1.97. The standard InChI is InChI=1S/C14H22Cl2N2O.2ClH/c1-4-18(5-2)7-6-17-10-11-8-12(15)9-13(16)14(11)19-3;;/h8-9,17H,4-7,10H2,1-3H3;2*1H. The molecule has 21 heavy (non-hydrogen) atoms. The van der Waals surface area contributed by atoms with Gasteiger partial charge in [0.1, 0.15) is 5.75 Å². The van der Waals surface area contributed by atoms with Crippen molar-refractivity contribution < 1.29 is 4.74 Å². The Kier molecular flexibility index (Phi) is 14.0. The minimum atomic E-state index is 0. The van der Waals surface area contributed by atoms with Gasteiger partial charge in [-0.15, -0.1) is 24.8 Å². The zero-order chi connectivity index (χ0) is 14.3. The van der Waals surface area contributed by atoms with Crippen LogP contribution in [0, 0.1) is 0 Å². The fourth-order valence-corrected chi connectivity index (χ4v) is 2.59. The minimum Gasteiger partial charge on any atom is -0.495 e. The largest absolute Gasteiger partial charge is 0.495 e. The molecule has 0 amide bonds. The van der Waals surface area contributed by atoms with Gasteiger partial charge in [-0.2, -0.15) is 0 Å². The Hall–Kier alpha value is 0.1000. The Morgan fingerprint density at radius 3 is 2.29 bits per heavy atom. The quantitative estimate of drug-likeness (QED) is 0.684. The van der Waals surface area contributed by atoms with Crippen molar-refractivity contribution in [2.75, 3.05) is 33.3 Å². The lowest BCUT2D eigenvalue weighted by Crippen LogP contribution is -2.31. The second kappa shape index (κ2) is 12.6. The van der Waals surface area contributed by atoms with Gasteiger partial charge >= 0.3 is 0 Å². The third-order valence-electron chi connectivity index (χ3n) is 3.10. The van der Waals surface area contributed by atoms with E-state index >= 15 is 0 Å². The predicted molar refractivity (Wildman–Crippen MR) is 97.0 cm³/mol. The first-order chi connectivity index (χ1) is 9.12. The smallest absolute Gasteiger partial charge is 0.142 e. The van der Waals surface area contributed by atoms with Gasteiger partial charge in [-0.1, -0.05) is 37.0 Å². The lowest BCUT2D eigenvalue weighted by Gasteiger charge is -2.18. The van der Waals surface area contributed by atoms with E-state index in [0.717, 1.165) is 31.7 Å². The molecular weight excluding hydrogens is 354 g/mol. The van der Waals surface area contributed by atoms with E-state index in [9.17, 15) is 0 Å². The number of likely N-dealkylation sites (N-methyl/N-ethyl adjacent to an activating group) is 1. The summed E-state index contributed by atoms with van der Waals surface area (Å²) in [4.78, 5) is 2.37. The number of nitrogens with zero attached hydrogens (tertiary/aromatic N) is 1. The molecule has 0 saturated carbocycles. The van der Waals surface area contributed by atoms with Crippen LogP contribution in [-0.4, -0.2) is 38.2 Å². The number of benzene rings is 1. The maximum atomic E-state index is 6.10. The van der Waals surface area contributed by atoms with Crippen molar-refractivity contribution in [1.29, 1.82) is 0 Å². The van der Waals surface area contributed by atoms with E-state index in [1.54, 1.807) is 13.2 Å². The molecular formula is C14H24Cl4N2O. The number of halogens is 4. The maximum Gasteiger partial charge on any atom is 0.142 e. The topological polar surface area (TPSA) is 24.5 Å². The monoisotopic (exact) mass is 376 g/mol. The van der Waals surface area contributed by atoms with E-state index in [1.165, 1.54) is 0 Å². The Labute approximate surface area is 150 Å². The van der Waals surface area contributed by atoms with E-state index in [1.807, 2.05) is 6.07 Å². The highest BCUT2D eigenvalue weighted by Crippen LogP contribution is 2.31. The number of ether oxygens (including phenoxy) is 1. The van der Waals surface area contributed by atoms with Crippen LogP contribution in [0.1, 0.15) is 19.4 Å². The lowest BCUT2D eigenvalue weighted by molar-refractivity contribution is 0.302. The van der Waals surface area contributed by atoms with Gasteiger partial charge in [0.15, 0.2) is 0 Å². The number of hydrogen-bond donors (Lipinski definition) is 1. The van der Waals surface area contributed by atoms with Crippen molar-refractivity contribution in [3.05, 3.63) is 27.7 Å². The highest BCUT2D eigenvalue weighted by atomic mass is 35.5. The van der Waals surface area contributed by atoms with Crippen LogP contribution < -0.4 is 10.1 Å². The highest BCUT2D eigenvalue weighted by molar-refractivity contribution is 6.35.